The summed E-state index contributed by atoms with van der Waals surface area (Å²) >= 11 is 2.16. The fourth-order valence-electron chi connectivity index (χ4n) is 0.878. The lowest BCUT2D eigenvalue weighted by Gasteiger charge is -1.94. The van der Waals surface area contributed by atoms with Crippen molar-refractivity contribution in [2.45, 2.75) is 4.34 Å². The normalized spacial score (nSPS) is 10.0. The highest BCUT2D eigenvalue weighted by molar-refractivity contribution is 8.15. The van der Waals surface area contributed by atoms with E-state index in [4.69, 9.17) is 0 Å². The molecule has 1 heterocycles. The standard InChI is InChI=1S/C8H5N3OS2/c12-7(6-4-2-1-3-5-6)13-8-9-10-11-14-8/h1-5H. The van der Waals surface area contributed by atoms with Crippen molar-refractivity contribution in [3.63, 3.8) is 0 Å². The molecule has 2 aromatic rings. The second-order valence-electron chi connectivity index (χ2n) is 2.38. The molecule has 0 spiro atoms. The van der Waals surface area contributed by atoms with Crippen LogP contribution >= 0.6 is 23.3 Å². The molecular formula is C8H5N3OS2. The fourth-order valence-corrected chi connectivity index (χ4v) is 2.06. The number of aromatic nitrogens is 3. The number of rotatable bonds is 2. The molecule has 0 saturated carbocycles. The number of benzene rings is 1. The lowest BCUT2D eigenvalue weighted by molar-refractivity contribution is 0.108. The van der Waals surface area contributed by atoms with Gasteiger partial charge in [0, 0.05) is 17.1 Å². The molecule has 0 aliphatic heterocycles. The van der Waals surface area contributed by atoms with Crippen LogP contribution in [-0.2, 0) is 0 Å². The van der Waals surface area contributed by atoms with Gasteiger partial charge in [-0.05, 0) is 17.0 Å². The maximum atomic E-state index is 11.6. The van der Waals surface area contributed by atoms with Crippen molar-refractivity contribution in [3.05, 3.63) is 35.9 Å². The summed E-state index contributed by atoms with van der Waals surface area (Å²) < 4.78 is 4.14. The predicted octanol–water partition coefficient (Wildman–Crippen LogP) is 1.87. The maximum absolute atomic E-state index is 11.6. The van der Waals surface area contributed by atoms with Gasteiger partial charge >= 0.3 is 0 Å². The lowest BCUT2D eigenvalue weighted by Crippen LogP contribution is -1.91. The highest BCUT2D eigenvalue weighted by atomic mass is 32.2. The summed E-state index contributed by atoms with van der Waals surface area (Å²) in [5.74, 6) is 0. The average Bonchev–Trinajstić information content (AvgIpc) is 2.72. The Bertz CT molecular complexity index is 415. The molecule has 0 bridgehead atoms. The minimum atomic E-state index is -0.0378. The SMILES string of the molecule is O=C(Sc1nnns1)c1ccccc1. The molecule has 0 N–H and O–H groups in total. The monoisotopic (exact) mass is 223 g/mol. The molecule has 6 heteroatoms. The molecule has 4 nitrogen and oxygen atoms in total. The number of carbonyl (C=O) groups is 1. The Balaban J connectivity index is 2.11. The second-order valence-corrected chi connectivity index (χ2v) is 4.34. The van der Waals surface area contributed by atoms with Crippen molar-refractivity contribution in [3.8, 4) is 0 Å². The highest BCUT2D eigenvalue weighted by Gasteiger charge is 2.09. The summed E-state index contributed by atoms with van der Waals surface area (Å²) in [5.41, 5.74) is 0.660. The lowest BCUT2D eigenvalue weighted by atomic mass is 10.2. The van der Waals surface area contributed by atoms with Crippen molar-refractivity contribution in [2.24, 2.45) is 0 Å². The summed E-state index contributed by atoms with van der Waals surface area (Å²) in [6.07, 6.45) is 0. The van der Waals surface area contributed by atoms with Crippen molar-refractivity contribution in [1.82, 2.24) is 14.8 Å². The van der Waals surface area contributed by atoms with Gasteiger partial charge in [0.25, 0.3) is 0 Å². The van der Waals surface area contributed by atoms with Gasteiger partial charge in [0.05, 0.1) is 0 Å². The van der Waals surface area contributed by atoms with Gasteiger partial charge in [0.2, 0.25) is 9.45 Å². The summed E-state index contributed by atoms with van der Waals surface area (Å²) in [6, 6.07) is 9.06. The zero-order valence-corrected chi connectivity index (χ0v) is 8.59. The van der Waals surface area contributed by atoms with Crippen LogP contribution in [0.5, 0.6) is 0 Å². The molecule has 0 saturated heterocycles. The van der Waals surface area contributed by atoms with E-state index in [1.54, 1.807) is 12.1 Å². The zero-order chi connectivity index (χ0) is 9.80. The van der Waals surface area contributed by atoms with E-state index < -0.39 is 0 Å². The summed E-state index contributed by atoms with van der Waals surface area (Å²) in [7, 11) is 0. The van der Waals surface area contributed by atoms with Crippen LogP contribution in [0.3, 0.4) is 0 Å². The zero-order valence-electron chi connectivity index (χ0n) is 6.95. The van der Waals surface area contributed by atoms with Gasteiger partial charge in [-0.25, -0.2) is 0 Å². The number of hydrogen-bond donors (Lipinski definition) is 0. The number of thioether (sulfide) groups is 1. The minimum absolute atomic E-state index is 0.0378. The number of carbonyl (C=O) groups excluding carboxylic acids is 1. The van der Waals surface area contributed by atoms with E-state index in [1.165, 1.54) is 0 Å². The van der Waals surface area contributed by atoms with Crippen LogP contribution in [-0.4, -0.2) is 19.9 Å². The third-order valence-corrected chi connectivity index (χ3v) is 3.01. The first-order valence-electron chi connectivity index (χ1n) is 3.78. The molecule has 0 aliphatic rings. The van der Waals surface area contributed by atoms with Gasteiger partial charge in [-0.2, -0.15) is 0 Å². The predicted molar refractivity (Wildman–Crippen MR) is 54.3 cm³/mol. The molecule has 70 valence electrons. The average molecular weight is 223 g/mol. The Morgan fingerprint density at radius 3 is 2.71 bits per heavy atom. The molecule has 0 aliphatic carbocycles. The molecule has 0 amide bonds. The van der Waals surface area contributed by atoms with Crippen LogP contribution in [0.1, 0.15) is 10.4 Å². The maximum Gasteiger partial charge on any atom is 0.226 e. The Morgan fingerprint density at radius 2 is 2.07 bits per heavy atom. The third kappa shape index (κ3) is 2.15. The fraction of sp³-hybridized carbons (Fsp3) is 0. The van der Waals surface area contributed by atoms with E-state index in [0.29, 0.717) is 9.90 Å². The number of hydrogen-bond acceptors (Lipinski definition) is 6. The molecule has 0 atom stereocenters. The molecule has 0 unspecified atom stereocenters. The molecule has 14 heavy (non-hydrogen) atoms. The van der Waals surface area contributed by atoms with E-state index in [-0.39, 0.29) is 5.12 Å². The minimum Gasteiger partial charge on any atom is -0.281 e. The van der Waals surface area contributed by atoms with Gasteiger partial charge in [0.15, 0.2) is 0 Å². The van der Waals surface area contributed by atoms with E-state index in [1.807, 2.05) is 18.2 Å². The van der Waals surface area contributed by atoms with Crippen LogP contribution in [0, 0.1) is 0 Å². The second kappa shape index (κ2) is 4.30. The highest BCUT2D eigenvalue weighted by Crippen LogP contribution is 2.22. The summed E-state index contributed by atoms with van der Waals surface area (Å²) in [4.78, 5) is 11.6. The smallest absolute Gasteiger partial charge is 0.226 e. The molecule has 1 aromatic carbocycles. The van der Waals surface area contributed by atoms with Crippen molar-refractivity contribution in [2.75, 3.05) is 0 Å². The van der Waals surface area contributed by atoms with Crippen molar-refractivity contribution < 1.29 is 4.79 Å². The summed E-state index contributed by atoms with van der Waals surface area (Å²) in [5, 5.41) is 7.06. The first-order valence-corrected chi connectivity index (χ1v) is 5.37. The van der Waals surface area contributed by atoms with E-state index >= 15 is 0 Å². The van der Waals surface area contributed by atoms with Gasteiger partial charge in [-0.3, -0.25) is 4.79 Å². The van der Waals surface area contributed by atoms with E-state index in [0.717, 1.165) is 23.3 Å². The molecular weight excluding hydrogens is 218 g/mol. The van der Waals surface area contributed by atoms with Crippen molar-refractivity contribution >= 4 is 28.4 Å². The van der Waals surface area contributed by atoms with Gasteiger partial charge in [-0.1, -0.05) is 34.8 Å². The first kappa shape index (κ1) is 9.29. The van der Waals surface area contributed by atoms with Crippen LogP contribution < -0.4 is 0 Å². The van der Waals surface area contributed by atoms with Crippen molar-refractivity contribution in [1.29, 1.82) is 0 Å². The Morgan fingerprint density at radius 1 is 1.29 bits per heavy atom. The van der Waals surface area contributed by atoms with Gasteiger partial charge in [0.1, 0.15) is 0 Å². The van der Waals surface area contributed by atoms with Crippen LogP contribution in [0.4, 0.5) is 0 Å². The number of nitrogens with zero attached hydrogens (tertiary/aromatic N) is 3. The van der Waals surface area contributed by atoms with Gasteiger partial charge in [-0.15, -0.1) is 5.10 Å². The molecule has 1 aromatic heterocycles. The Hall–Kier alpha value is -1.27. The van der Waals surface area contributed by atoms with Crippen LogP contribution in [0.2, 0.25) is 0 Å². The third-order valence-electron chi connectivity index (χ3n) is 1.47. The molecule has 0 fully saturated rings. The first-order chi connectivity index (χ1) is 6.86. The van der Waals surface area contributed by atoms with Crippen LogP contribution in [0.25, 0.3) is 0 Å². The molecule has 0 radical (unpaired) electrons. The largest absolute Gasteiger partial charge is 0.281 e. The molecule has 2 rings (SSSR count). The topological polar surface area (TPSA) is 55.7 Å². The van der Waals surface area contributed by atoms with Crippen LogP contribution in [0.15, 0.2) is 34.7 Å². The van der Waals surface area contributed by atoms with Gasteiger partial charge < -0.3 is 0 Å². The quantitative estimate of drug-likeness (QED) is 0.727. The Labute approximate surface area is 88.5 Å². The Kier molecular flexibility index (Phi) is 2.85. The summed E-state index contributed by atoms with van der Waals surface area (Å²) in [6.45, 7) is 0. The van der Waals surface area contributed by atoms with E-state index in [2.05, 4.69) is 14.8 Å². The van der Waals surface area contributed by atoms with E-state index in [9.17, 15) is 4.79 Å².